The third kappa shape index (κ3) is 7.06. The summed E-state index contributed by atoms with van der Waals surface area (Å²) < 4.78 is 57.0. The molecule has 0 aliphatic rings. The van der Waals surface area contributed by atoms with Gasteiger partial charge in [-0.25, -0.2) is 14.6 Å². The number of carboxylic acids is 1. The van der Waals surface area contributed by atoms with E-state index in [0.717, 1.165) is 23.0 Å². The topological polar surface area (TPSA) is 192 Å². The number of carboxylic acid groups (broad SMARTS) is 1. The van der Waals surface area contributed by atoms with Crippen molar-refractivity contribution in [3.63, 3.8) is 0 Å². The fourth-order valence-electron chi connectivity index (χ4n) is 3.84. The van der Waals surface area contributed by atoms with Crippen LogP contribution in [-0.4, -0.2) is 84.4 Å². The molecule has 3 aromatic rings. The predicted molar refractivity (Wildman–Crippen MR) is 139 cm³/mol. The number of alkyl halides is 3. The fraction of sp³-hybridized carbons (Fsp3) is 0.400. The van der Waals surface area contributed by atoms with Gasteiger partial charge in [-0.15, -0.1) is 6.42 Å². The average molecular weight is 616 g/mol. The van der Waals surface area contributed by atoms with Crippen molar-refractivity contribution in [2.45, 2.75) is 43.6 Å². The molecule has 13 nitrogen and oxygen atoms in total. The number of hydrogen-bond acceptors (Lipinski definition) is 11. The van der Waals surface area contributed by atoms with Crippen molar-refractivity contribution in [2.24, 2.45) is 0 Å². The van der Waals surface area contributed by atoms with Gasteiger partial charge in [-0.2, -0.15) is 23.1 Å². The van der Waals surface area contributed by atoms with Gasteiger partial charge < -0.3 is 35.3 Å². The highest BCUT2D eigenvalue weighted by atomic mass is 35.5. The highest BCUT2D eigenvalue weighted by Gasteiger charge is 2.50. The quantitative estimate of drug-likeness (QED) is 0.0941. The molecule has 0 spiro atoms. The van der Waals surface area contributed by atoms with Crippen molar-refractivity contribution in [2.75, 3.05) is 25.6 Å². The van der Waals surface area contributed by atoms with Crippen LogP contribution in [-0.2, 0) is 36.4 Å². The van der Waals surface area contributed by atoms with Gasteiger partial charge in [0, 0.05) is 6.42 Å². The van der Waals surface area contributed by atoms with E-state index in [1.54, 1.807) is 0 Å². The van der Waals surface area contributed by atoms with E-state index >= 15 is 0 Å². The summed E-state index contributed by atoms with van der Waals surface area (Å²) >= 11 is 5.88. The summed E-state index contributed by atoms with van der Waals surface area (Å²) in [6.07, 6.45) is -3.81. The van der Waals surface area contributed by atoms with Crippen molar-refractivity contribution in [3.05, 3.63) is 47.0 Å². The molecule has 0 bridgehead atoms. The summed E-state index contributed by atoms with van der Waals surface area (Å²) in [6.45, 7) is -0.588. The van der Waals surface area contributed by atoms with E-state index in [1.165, 1.54) is 13.0 Å². The molecule has 2 heterocycles. The summed E-state index contributed by atoms with van der Waals surface area (Å²) in [5, 5.41) is 30.3. The zero-order chi connectivity index (χ0) is 31.2. The molecule has 0 amide bonds. The predicted octanol–water partition coefficient (Wildman–Crippen LogP) is 1.60. The normalized spacial score (nSPS) is 15.4. The number of rotatable bonds is 13. The number of nitrogens with two attached hydrogens (primary N) is 1. The molecule has 1 unspecified atom stereocenters. The number of esters is 1. The number of imidazole rings is 1. The zero-order valence-corrected chi connectivity index (χ0v) is 22.5. The number of fused-ring (bicyclic) bond motifs is 1. The first-order valence-electron chi connectivity index (χ1n) is 12.0. The number of aromatic nitrogens is 4. The van der Waals surface area contributed by atoms with Crippen LogP contribution in [0.5, 0.6) is 0 Å². The number of benzene rings is 1. The number of halogens is 4. The van der Waals surface area contributed by atoms with Crippen molar-refractivity contribution >= 4 is 40.5 Å². The van der Waals surface area contributed by atoms with Gasteiger partial charge in [0.1, 0.15) is 11.6 Å². The minimum Gasteiger partial charge on any atom is -0.479 e. The molecule has 42 heavy (non-hydrogen) atoms. The van der Waals surface area contributed by atoms with Crippen LogP contribution in [0.2, 0.25) is 5.28 Å². The van der Waals surface area contributed by atoms with Crippen LogP contribution in [0.1, 0.15) is 24.3 Å². The number of carbonyl (C=O) groups is 2. The number of carbonyl (C=O) groups excluding carboxylic acids is 1. The van der Waals surface area contributed by atoms with Crippen LogP contribution < -0.4 is 5.73 Å². The minimum absolute atomic E-state index is 0.0136. The highest BCUT2D eigenvalue weighted by molar-refractivity contribution is 6.28. The zero-order valence-electron chi connectivity index (χ0n) is 21.8. The third-order valence-electron chi connectivity index (χ3n) is 5.85. The molecule has 0 saturated carbocycles. The molecule has 2 aromatic heterocycles. The van der Waals surface area contributed by atoms with E-state index in [1.807, 2.05) is 5.92 Å². The first kappa shape index (κ1) is 32.5. The SMILES string of the molecule is C#C[C@@H](O)[C@@H](O[C@@H](CO)COC(Cc1cccc(C(F)(F)F)c1)(C(=O)O)C(=O)OCC)n1cnc2c(N)nc(Cl)nc21. The lowest BCUT2D eigenvalue weighted by molar-refractivity contribution is -0.198. The number of hydrogen-bond donors (Lipinski definition) is 4. The number of nitrogens with zero attached hydrogens (tertiary/aromatic N) is 4. The lowest BCUT2D eigenvalue weighted by Crippen LogP contribution is -2.53. The Bertz CT molecular complexity index is 1480. The average Bonchev–Trinajstić information content (AvgIpc) is 3.35. The standard InChI is InChI=1S/C25H25ClF3N5O8/c1-3-16(36)20(34-12-31-17-18(30)32-23(26)33-19(17)34)42-15(10-35)11-41-24(21(37)38,22(39)40-4-2)9-13-6-5-7-14(8-13)25(27,28)29/h1,5-8,12,15-16,20,35-36H,4,9-11H2,2H3,(H,37,38)(H2,30,32,33)/t15-,16+,20+,24?/m0/s1. The molecule has 0 aliphatic heterocycles. The Morgan fingerprint density at radius 3 is 2.60 bits per heavy atom. The Morgan fingerprint density at radius 1 is 1.29 bits per heavy atom. The van der Waals surface area contributed by atoms with E-state index in [0.29, 0.717) is 6.07 Å². The minimum atomic E-state index is -4.74. The number of anilines is 1. The van der Waals surface area contributed by atoms with E-state index in [4.69, 9.17) is 38.0 Å². The molecule has 226 valence electrons. The Labute approximate surface area is 241 Å². The van der Waals surface area contributed by atoms with Crippen LogP contribution in [0.3, 0.4) is 0 Å². The van der Waals surface area contributed by atoms with Crippen LogP contribution in [0, 0.1) is 12.3 Å². The second-order valence-electron chi connectivity index (χ2n) is 8.68. The summed E-state index contributed by atoms with van der Waals surface area (Å²) in [4.78, 5) is 37.1. The van der Waals surface area contributed by atoms with Crippen molar-refractivity contribution in [1.29, 1.82) is 0 Å². The maximum absolute atomic E-state index is 13.3. The van der Waals surface area contributed by atoms with Gasteiger partial charge in [0.15, 0.2) is 23.8 Å². The Balaban J connectivity index is 1.95. The highest BCUT2D eigenvalue weighted by Crippen LogP contribution is 2.32. The lowest BCUT2D eigenvalue weighted by atomic mass is 9.93. The van der Waals surface area contributed by atoms with E-state index in [-0.39, 0.29) is 34.4 Å². The van der Waals surface area contributed by atoms with Gasteiger partial charge in [-0.3, -0.25) is 4.57 Å². The first-order valence-corrected chi connectivity index (χ1v) is 12.4. The molecule has 17 heteroatoms. The van der Waals surface area contributed by atoms with E-state index in [9.17, 15) is 38.1 Å². The molecule has 0 aliphatic carbocycles. The molecule has 5 N–H and O–H groups in total. The first-order chi connectivity index (χ1) is 19.8. The molecule has 0 fully saturated rings. The van der Waals surface area contributed by atoms with Crippen molar-refractivity contribution in [1.82, 2.24) is 19.5 Å². The Kier molecular flexibility index (Phi) is 10.3. The second-order valence-corrected chi connectivity index (χ2v) is 9.02. The van der Waals surface area contributed by atoms with Crippen LogP contribution in [0.4, 0.5) is 19.0 Å². The van der Waals surface area contributed by atoms with Gasteiger partial charge >= 0.3 is 18.1 Å². The fourth-order valence-corrected chi connectivity index (χ4v) is 4.01. The van der Waals surface area contributed by atoms with Gasteiger partial charge in [0.05, 0.1) is 31.7 Å². The van der Waals surface area contributed by atoms with E-state index < -0.39 is 67.3 Å². The summed E-state index contributed by atoms with van der Waals surface area (Å²) in [5.41, 5.74) is 1.72. The second kappa shape index (κ2) is 13.3. The molecule has 3 rings (SSSR count). The number of aliphatic hydroxyl groups excluding tert-OH is 2. The number of aliphatic carboxylic acids is 1. The molecule has 0 saturated heterocycles. The monoisotopic (exact) mass is 615 g/mol. The van der Waals surface area contributed by atoms with Crippen LogP contribution in [0.25, 0.3) is 11.2 Å². The number of ether oxygens (including phenoxy) is 3. The molecule has 1 aromatic carbocycles. The number of nitrogen functional groups attached to an aromatic ring is 1. The molecule has 0 radical (unpaired) electrons. The van der Waals surface area contributed by atoms with Crippen LogP contribution in [0.15, 0.2) is 30.6 Å². The largest absolute Gasteiger partial charge is 0.479 e. The molecular formula is C25H25ClF3N5O8. The van der Waals surface area contributed by atoms with Gasteiger partial charge in [0.25, 0.3) is 5.60 Å². The van der Waals surface area contributed by atoms with Crippen molar-refractivity contribution in [3.8, 4) is 12.3 Å². The summed E-state index contributed by atoms with van der Waals surface area (Å²) in [5.74, 6) is -1.34. The Morgan fingerprint density at radius 2 is 2.00 bits per heavy atom. The third-order valence-corrected chi connectivity index (χ3v) is 6.01. The maximum atomic E-state index is 13.3. The lowest BCUT2D eigenvalue weighted by Gasteiger charge is -2.31. The van der Waals surface area contributed by atoms with Gasteiger partial charge in [-0.1, -0.05) is 24.1 Å². The smallest absolute Gasteiger partial charge is 0.416 e. The number of aliphatic hydroxyl groups is 2. The summed E-state index contributed by atoms with van der Waals surface area (Å²) in [6, 6.07) is 3.66. The van der Waals surface area contributed by atoms with E-state index in [2.05, 4.69) is 15.0 Å². The number of terminal acetylenes is 1. The van der Waals surface area contributed by atoms with Gasteiger partial charge in [0.2, 0.25) is 5.28 Å². The Hall–Kier alpha value is -4.01. The van der Waals surface area contributed by atoms with Crippen molar-refractivity contribution < 1.29 is 52.3 Å². The maximum Gasteiger partial charge on any atom is 0.416 e. The van der Waals surface area contributed by atoms with Crippen LogP contribution >= 0.6 is 11.6 Å². The summed E-state index contributed by atoms with van der Waals surface area (Å²) in [7, 11) is 0. The molecule has 4 atom stereocenters. The van der Waals surface area contributed by atoms with Gasteiger partial charge in [-0.05, 0) is 30.2 Å². The molecular weight excluding hydrogens is 591 g/mol.